The van der Waals surface area contributed by atoms with Gasteiger partial charge in [0.2, 0.25) is 5.69 Å². The number of nitro benzene ring substituents is 1. The van der Waals surface area contributed by atoms with Gasteiger partial charge in [-0.1, -0.05) is 0 Å². The summed E-state index contributed by atoms with van der Waals surface area (Å²) >= 11 is 0. The van der Waals surface area contributed by atoms with E-state index in [1.807, 2.05) is 0 Å². The van der Waals surface area contributed by atoms with Crippen LogP contribution in [0, 0.1) is 27.2 Å². The lowest BCUT2D eigenvalue weighted by atomic mass is 10.2. The van der Waals surface area contributed by atoms with Gasteiger partial charge in [0.15, 0.2) is 0 Å². The summed E-state index contributed by atoms with van der Waals surface area (Å²) in [6.45, 7) is 1.40. The first-order valence-electron chi connectivity index (χ1n) is 8.13. The third-order valence-electron chi connectivity index (χ3n) is 3.82. The zero-order chi connectivity index (χ0) is 21.1. The van der Waals surface area contributed by atoms with Gasteiger partial charge in [-0.25, -0.2) is 0 Å². The van der Waals surface area contributed by atoms with Gasteiger partial charge in [0.25, 0.3) is 11.6 Å². The van der Waals surface area contributed by atoms with E-state index in [0.717, 1.165) is 10.7 Å². The summed E-state index contributed by atoms with van der Waals surface area (Å²) in [7, 11) is 1.39. The molecule has 0 aliphatic rings. The van der Waals surface area contributed by atoms with Crippen molar-refractivity contribution in [2.75, 3.05) is 5.32 Å². The molecule has 0 unspecified atom stereocenters. The molecule has 1 amide bonds. The van der Waals surface area contributed by atoms with E-state index in [2.05, 4.69) is 15.4 Å². The summed E-state index contributed by atoms with van der Waals surface area (Å²) in [5, 5.41) is 28.8. The Hall–Kier alpha value is -4.35. The SMILES string of the molecule is Cc1nn(C)c(C(=O)Nc2cc(Oc3cccnc3)cc([N+](=O)[O-])c2)c1[N+](=O)[O-]. The van der Waals surface area contributed by atoms with Crippen LogP contribution in [-0.4, -0.2) is 30.5 Å². The number of aryl methyl sites for hydroxylation is 2. The molecule has 1 aromatic carbocycles. The Labute approximate surface area is 163 Å². The van der Waals surface area contributed by atoms with Crippen LogP contribution in [0.4, 0.5) is 17.1 Å². The number of non-ortho nitro benzene ring substituents is 1. The standard InChI is InChI=1S/C17H14N6O6/c1-10-15(23(27)28)16(21(2)20-10)17(24)19-11-6-12(22(25)26)8-14(7-11)29-13-4-3-5-18-9-13/h3-9H,1-2H3,(H,19,24). The van der Waals surface area contributed by atoms with E-state index in [-0.39, 0.29) is 28.5 Å². The maximum atomic E-state index is 12.6. The number of hydrogen-bond acceptors (Lipinski definition) is 8. The van der Waals surface area contributed by atoms with E-state index >= 15 is 0 Å². The van der Waals surface area contributed by atoms with Gasteiger partial charge in [-0.15, -0.1) is 0 Å². The molecule has 0 aliphatic heterocycles. The smallest absolute Gasteiger partial charge is 0.322 e. The zero-order valence-corrected chi connectivity index (χ0v) is 15.2. The highest BCUT2D eigenvalue weighted by molar-refractivity contribution is 6.06. The molecule has 0 radical (unpaired) electrons. The topological polar surface area (TPSA) is 155 Å². The summed E-state index contributed by atoms with van der Waals surface area (Å²) in [6.07, 6.45) is 2.95. The Bertz CT molecular complexity index is 1110. The lowest BCUT2D eigenvalue weighted by Crippen LogP contribution is -2.17. The molecular formula is C17H14N6O6. The van der Waals surface area contributed by atoms with Crippen molar-refractivity contribution in [3.63, 3.8) is 0 Å². The van der Waals surface area contributed by atoms with Crippen molar-refractivity contribution in [2.24, 2.45) is 7.05 Å². The van der Waals surface area contributed by atoms with Crippen LogP contribution in [0.25, 0.3) is 0 Å². The lowest BCUT2D eigenvalue weighted by molar-refractivity contribution is -0.385. The van der Waals surface area contributed by atoms with Gasteiger partial charge in [-0.2, -0.15) is 5.10 Å². The molecule has 3 aromatic rings. The van der Waals surface area contributed by atoms with E-state index in [1.54, 1.807) is 12.1 Å². The molecular weight excluding hydrogens is 384 g/mol. The summed E-state index contributed by atoms with van der Waals surface area (Å²) in [5.74, 6) is -0.422. The molecule has 0 spiro atoms. The average molecular weight is 398 g/mol. The molecule has 0 saturated carbocycles. The molecule has 0 aliphatic carbocycles. The summed E-state index contributed by atoms with van der Waals surface area (Å²) in [6, 6.07) is 6.88. The minimum atomic E-state index is -0.840. The highest BCUT2D eigenvalue weighted by atomic mass is 16.6. The molecule has 2 aromatic heterocycles. The van der Waals surface area contributed by atoms with Gasteiger partial charge in [-0.05, 0) is 19.1 Å². The van der Waals surface area contributed by atoms with Gasteiger partial charge >= 0.3 is 5.69 Å². The monoisotopic (exact) mass is 398 g/mol. The number of amides is 1. The van der Waals surface area contributed by atoms with Crippen LogP contribution in [-0.2, 0) is 7.05 Å². The van der Waals surface area contributed by atoms with Gasteiger partial charge in [0.05, 0.1) is 27.8 Å². The van der Waals surface area contributed by atoms with Gasteiger partial charge in [-0.3, -0.25) is 34.7 Å². The van der Waals surface area contributed by atoms with Crippen molar-refractivity contribution in [2.45, 2.75) is 6.92 Å². The largest absolute Gasteiger partial charge is 0.455 e. The minimum Gasteiger partial charge on any atom is -0.455 e. The number of hydrogen-bond donors (Lipinski definition) is 1. The number of nitrogens with zero attached hydrogens (tertiary/aromatic N) is 5. The quantitative estimate of drug-likeness (QED) is 0.490. The summed E-state index contributed by atoms with van der Waals surface area (Å²) in [5.41, 5.74) is -0.966. The Kier molecular flexibility index (Phi) is 5.17. The maximum Gasteiger partial charge on any atom is 0.322 e. The fourth-order valence-electron chi connectivity index (χ4n) is 2.67. The predicted molar refractivity (Wildman–Crippen MR) is 100.0 cm³/mol. The first kappa shape index (κ1) is 19.4. The van der Waals surface area contributed by atoms with Crippen LogP contribution >= 0.6 is 0 Å². The van der Waals surface area contributed by atoms with Crippen molar-refractivity contribution in [3.05, 3.63) is 74.3 Å². The van der Waals surface area contributed by atoms with Crippen molar-refractivity contribution >= 4 is 23.0 Å². The van der Waals surface area contributed by atoms with Crippen molar-refractivity contribution < 1.29 is 19.4 Å². The molecule has 12 heteroatoms. The van der Waals surface area contributed by atoms with Crippen LogP contribution in [0.5, 0.6) is 11.5 Å². The van der Waals surface area contributed by atoms with Crippen LogP contribution in [0.3, 0.4) is 0 Å². The number of carbonyl (C=O) groups excluding carboxylic acids is 1. The number of nitro groups is 2. The van der Waals surface area contributed by atoms with Crippen LogP contribution in [0.2, 0.25) is 0 Å². The molecule has 0 atom stereocenters. The van der Waals surface area contributed by atoms with Crippen molar-refractivity contribution in [1.29, 1.82) is 0 Å². The molecule has 1 N–H and O–H groups in total. The molecule has 2 heterocycles. The van der Waals surface area contributed by atoms with E-state index < -0.39 is 21.4 Å². The lowest BCUT2D eigenvalue weighted by Gasteiger charge is -2.09. The average Bonchev–Trinajstić information content (AvgIpc) is 2.96. The Morgan fingerprint density at radius 3 is 2.55 bits per heavy atom. The molecule has 29 heavy (non-hydrogen) atoms. The van der Waals surface area contributed by atoms with Crippen LogP contribution in [0.1, 0.15) is 16.2 Å². The van der Waals surface area contributed by atoms with E-state index in [9.17, 15) is 25.0 Å². The molecule has 0 fully saturated rings. The number of carbonyl (C=O) groups is 1. The fourth-order valence-corrected chi connectivity index (χ4v) is 2.67. The van der Waals surface area contributed by atoms with E-state index in [4.69, 9.17) is 4.74 Å². The highest BCUT2D eigenvalue weighted by Gasteiger charge is 2.29. The molecule has 12 nitrogen and oxygen atoms in total. The van der Waals surface area contributed by atoms with Crippen LogP contribution < -0.4 is 10.1 Å². The molecule has 0 saturated heterocycles. The number of rotatable bonds is 6. The van der Waals surface area contributed by atoms with Gasteiger partial charge < -0.3 is 10.1 Å². The second kappa shape index (κ2) is 7.72. The number of pyridine rings is 1. The van der Waals surface area contributed by atoms with E-state index in [0.29, 0.717) is 5.75 Å². The third-order valence-corrected chi connectivity index (χ3v) is 3.82. The van der Waals surface area contributed by atoms with Crippen molar-refractivity contribution in [1.82, 2.24) is 14.8 Å². The molecule has 3 rings (SSSR count). The predicted octanol–water partition coefficient (Wildman–Crippen LogP) is 2.98. The fraction of sp³-hybridized carbons (Fsp3) is 0.118. The van der Waals surface area contributed by atoms with Gasteiger partial charge in [0.1, 0.15) is 17.2 Å². The zero-order valence-electron chi connectivity index (χ0n) is 15.2. The maximum absolute atomic E-state index is 12.6. The van der Waals surface area contributed by atoms with Crippen LogP contribution in [0.15, 0.2) is 42.7 Å². The van der Waals surface area contributed by atoms with Gasteiger partial charge in [0, 0.05) is 25.4 Å². The summed E-state index contributed by atoms with van der Waals surface area (Å²) < 4.78 is 6.62. The normalized spacial score (nSPS) is 10.4. The Morgan fingerprint density at radius 2 is 1.93 bits per heavy atom. The Morgan fingerprint density at radius 1 is 1.17 bits per heavy atom. The molecule has 0 bridgehead atoms. The number of nitrogens with one attached hydrogen (secondary N) is 1. The number of ether oxygens (including phenoxy) is 1. The van der Waals surface area contributed by atoms with E-state index in [1.165, 1.54) is 38.5 Å². The number of anilines is 1. The minimum absolute atomic E-state index is 0.0243. The third kappa shape index (κ3) is 4.16. The number of benzene rings is 1. The first-order valence-corrected chi connectivity index (χ1v) is 8.13. The second-order valence-electron chi connectivity index (χ2n) is 5.88. The summed E-state index contributed by atoms with van der Waals surface area (Å²) in [4.78, 5) is 37.7. The molecule has 148 valence electrons. The number of aromatic nitrogens is 3. The highest BCUT2D eigenvalue weighted by Crippen LogP contribution is 2.30. The second-order valence-corrected chi connectivity index (χ2v) is 5.88. The Balaban J connectivity index is 1.96. The van der Waals surface area contributed by atoms with Crippen molar-refractivity contribution in [3.8, 4) is 11.5 Å². The first-order chi connectivity index (χ1) is 13.8.